The van der Waals surface area contributed by atoms with Gasteiger partial charge < -0.3 is 4.74 Å². The van der Waals surface area contributed by atoms with Gasteiger partial charge in [-0.2, -0.15) is 5.10 Å². The van der Waals surface area contributed by atoms with Gasteiger partial charge in [0.15, 0.2) is 17.4 Å². The van der Waals surface area contributed by atoms with E-state index in [1.54, 1.807) is 0 Å². The summed E-state index contributed by atoms with van der Waals surface area (Å²) in [5, 5.41) is 10.6. The van der Waals surface area contributed by atoms with E-state index in [0.717, 1.165) is 39.2 Å². The molecular formula is C21H21N5O3S. The number of nitrogens with zero attached hydrogens (tertiary/aromatic N) is 4. The lowest BCUT2D eigenvalue weighted by molar-refractivity contribution is -0.147. The standard InChI is InChI=1S/C21H21N5O3S/c1-12-11-30-21(22-12)24-18(27)10-29-19(28)9-8-15-13(2)23-20-16-6-4-5-7-17(16)25-26(20)14(15)3/h4-7,11H,8-10H2,1-3H3,(H,22,24,27). The number of fused-ring (bicyclic) bond motifs is 3. The highest BCUT2D eigenvalue weighted by Gasteiger charge is 2.16. The van der Waals surface area contributed by atoms with Crippen LogP contribution in [0.4, 0.5) is 5.13 Å². The Morgan fingerprint density at radius 2 is 1.97 bits per heavy atom. The van der Waals surface area contributed by atoms with Crippen molar-refractivity contribution in [2.45, 2.75) is 33.6 Å². The summed E-state index contributed by atoms with van der Waals surface area (Å²) < 4.78 is 6.92. The molecule has 0 saturated carbocycles. The van der Waals surface area contributed by atoms with Crippen LogP contribution in [-0.4, -0.2) is 38.1 Å². The molecule has 154 valence electrons. The molecule has 9 heteroatoms. The zero-order chi connectivity index (χ0) is 21.3. The third-order valence-corrected chi connectivity index (χ3v) is 5.70. The maximum atomic E-state index is 12.1. The Morgan fingerprint density at radius 1 is 1.17 bits per heavy atom. The van der Waals surface area contributed by atoms with Gasteiger partial charge in [0.1, 0.15) is 0 Å². The second-order valence-corrected chi connectivity index (χ2v) is 7.87. The first-order valence-electron chi connectivity index (χ1n) is 9.53. The van der Waals surface area contributed by atoms with Gasteiger partial charge >= 0.3 is 5.97 Å². The van der Waals surface area contributed by atoms with Gasteiger partial charge in [-0.25, -0.2) is 14.5 Å². The number of aromatic nitrogens is 4. The van der Waals surface area contributed by atoms with E-state index in [4.69, 9.17) is 9.72 Å². The molecule has 0 saturated heterocycles. The molecule has 0 fully saturated rings. The first-order chi connectivity index (χ1) is 14.4. The van der Waals surface area contributed by atoms with Gasteiger partial charge in [0.05, 0.1) is 11.2 Å². The number of carbonyl (C=O) groups excluding carboxylic acids is 2. The molecule has 1 N–H and O–H groups in total. The number of hydrogen-bond acceptors (Lipinski definition) is 7. The Kier molecular flexibility index (Phi) is 5.45. The van der Waals surface area contributed by atoms with E-state index >= 15 is 0 Å². The van der Waals surface area contributed by atoms with Crippen molar-refractivity contribution >= 4 is 44.9 Å². The van der Waals surface area contributed by atoms with E-state index in [0.29, 0.717) is 11.6 Å². The second kappa shape index (κ2) is 8.19. The van der Waals surface area contributed by atoms with E-state index in [9.17, 15) is 9.59 Å². The van der Waals surface area contributed by atoms with E-state index < -0.39 is 11.9 Å². The molecule has 3 aromatic heterocycles. The monoisotopic (exact) mass is 423 g/mol. The molecule has 0 radical (unpaired) electrons. The second-order valence-electron chi connectivity index (χ2n) is 7.02. The number of ether oxygens (including phenoxy) is 1. The third-order valence-electron chi connectivity index (χ3n) is 4.83. The lowest BCUT2D eigenvalue weighted by atomic mass is 10.1. The molecule has 1 aromatic carbocycles. The van der Waals surface area contributed by atoms with Gasteiger partial charge in [-0.3, -0.25) is 14.9 Å². The van der Waals surface area contributed by atoms with E-state index in [1.807, 2.05) is 54.9 Å². The summed E-state index contributed by atoms with van der Waals surface area (Å²) in [6, 6.07) is 7.86. The summed E-state index contributed by atoms with van der Waals surface area (Å²) in [4.78, 5) is 32.9. The SMILES string of the molecule is Cc1csc(NC(=O)COC(=O)CCc2c(C)nc3c4ccccc4nn3c2C)n1. The van der Waals surface area contributed by atoms with Crippen molar-refractivity contribution in [1.82, 2.24) is 19.6 Å². The number of rotatable bonds is 6. The summed E-state index contributed by atoms with van der Waals surface area (Å²) >= 11 is 1.33. The van der Waals surface area contributed by atoms with Crippen LogP contribution in [0.15, 0.2) is 29.6 Å². The van der Waals surface area contributed by atoms with Crippen LogP contribution in [0, 0.1) is 20.8 Å². The molecule has 0 aliphatic heterocycles. The Labute approximate surface area is 176 Å². The van der Waals surface area contributed by atoms with Crippen LogP contribution in [0.2, 0.25) is 0 Å². The molecule has 4 aromatic rings. The zero-order valence-electron chi connectivity index (χ0n) is 16.9. The highest BCUT2D eigenvalue weighted by atomic mass is 32.1. The van der Waals surface area contributed by atoms with Gasteiger partial charge in [-0.15, -0.1) is 11.3 Å². The van der Waals surface area contributed by atoms with Crippen molar-refractivity contribution in [3.05, 3.63) is 52.3 Å². The maximum absolute atomic E-state index is 12.1. The Balaban J connectivity index is 1.40. The topological polar surface area (TPSA) is 98.5 Å². The lowest BCUT2D eigenvalue weighted by Gasteiger charge is -2.11. The minimum Gasteiger partial charge on any atom is -0.456 e. The normalized spacial score (nSPS) is 11.2. The molecule has 8 nitrogen and oxygen atoms in total. The van der Waals surface area contributed by atoms with Gasteiger partial charge in [0.25, 0.3) is 5.91 Å². The molecule has 30 heavy (non-hydrogen) atoms. The minimum absolute atomic E-state index is 0.152. The largest absolute Gasteiger partial charge is 0.456 e. The molecule has 3 heterocycles. The fourth-order valence-electron chi connectivity index (χ4n) is 3.35. The number of anilines is 1. The average molecular weight is 423 g/mol. The maximum Gasteiger partial charge on any atom is 0.306 e. The van der Waals surface area contributed by atoms with Gasteiger partial charge in [-0.05, 0) is 44.9 Å². The number of aryl methyl sites for hydroxylation is 3. The third kappa shape index (κ3) is 4.02. The number of hydrogen-bond donors (Lipinski definition) is 1. The number of amides is 1. The number of nitrogens with one attached hydrogen (secondary N) is 1. The fraction of sp³-hybridized carbons (Fsp3) is 0.286. The van der Waals surface area contributed by atoms with Crippen molar-refractivity contribution in [2.75, 3.05) is 11.9 Å². The number of esters is 1. The smallest absolute Gasteiger partial charge is 0.306 e. The van der Waals surface area contributed by atoms with Crippen LogP contribution in [-0.2, 0) is 20.7 Å². The van der Waals surface area contributed by atoms with Crippen molar-refractivity contribution in [2.24, 2.45) is 0 Å². The van der Waals surface area contributed by atoms with Crippen LogP contribution in [0.25, 0.3) is 16.6 Å². The molecule has 0 bridgehead atoms. The van der Waals surface area contributed by atoms with E-state index in [2.05, 4.69) is 15.4 Å². The minimum atomic E-state index is -0.440. The van der Waals surface area contributed by atoms with Gasteiger partial charge in [0, 0.05) is 28.6 Å². The number of carbonyl (C=O) groups is 2. The van der Waals surface area contributed by atoms with Crippen LogP contribution in [0.5, 0.6) is 0 Å². The Bertz CT molecular complexity index is 1260. The molecule has 0 spiro atoms. The number of benzene rings is 1. The summed E-state index contributed by atoms with van der Waals surface area (Å²) in [6.07, 6.45) is 0.613. The Morgan fingerprint density at radius 3 is 2.73 bits per heavy atom. The van der Waals surface area contributed by atoms with Gasteiger partial charge in [0.2, 0.25) is 0 Å². The van der Waals surface area contributed by atoms with Crippen LogP contribution in [0.3, 0.4) is 0 Å². The highest BCUT2D eigenvalue weighted by molar-refractivity contribution is 7.13. The Hall–Kier alpha value is -3.33. The lowest BCUT2D eigenvalue weighted by Crippen LogP contribution is -2.21. The van der Waals surface area contributed by atoms with E-state index in [-0.39, 0.29) is 13.0 Å². The molecule has 1 amide bonds. The first kappa shape index (κ1) is 20.0. The molecule has 0 atom stereocenters. The summed E-state index contributed by atoms with van der Waals surface area (Å²) in [7, 11) is 0. The van der Waals surface area contributed by atoms with Crippen molar-refractivity contribution in [3.63, 3.8) is 0 Å². The predicted octanol–water partition coefficient (Wildman–Crippen LogP) is 3.38. The van der Waals surface area contributed by atoms with Crippen molar-refractivity contribution in [3.8, 4) is 0 Å². The summed E-state index contributed by atoms with van der Waals surface area (Å²) in [5.41, 5.74) is 5.27. The predicted molar refractivity (Wildman–Crippen MR) is 115 cm³/mol. The number of thiazole rings is 1. The first-order valence-corrected chi connectivity index (χ1v) is 10.4. The fourth-order valence-corrected chi connectivity index (χ4v) is 4.05. The molecule has 4 rings (SSSR count). The van der Waals surface area contributed by atoms with Crippen LogP contribution < -0.4 is 5.32 Å². The molecule has 0 aliphatic carbocycles. The van der Waals surface area contributed by atoms with Crippen LogP contribution in [0.1, 0.15) is 29.1 Å². The van der Waals surface area contributed by atoms with E-state index in [1.165, 1.54) is 11.3 Å². The average Bonchev–Trinajstić information content (AvgIpc) is 3.29. The highest BCUT2D eigenvalue weighted by Crippen LogP contribution is 2.23. The van der Waals surface area contributed by atoms with Crippen molar-refractivity contribution in [1.29, 1.82) is 0 Å². The molecule has 0 aliphatic rings. The summed E-state index contributed by atoms with van der Waals surface area (Å²) in [6.45, 7) is 5.40. The quantitative estimate of drug-likeness (QED) is 0.478. The molecular weight excluding hydrogens is 402 g/mol. The zero-order valence-corrected chi connectivity index (χ0v) is 17.7. The van der Waals surface area contributed by atoms with Crippen molar-refractivity contribution < 1.29 is 14.3 Å². The molecule has 0 unspecified atom stereocenters. The van der Waals surface area contributed by atoms with Gasteiger partial charge in [-0.1, -0.05) is 12.1 Å². The summed E-state index contributed by atoms with van der Waals surface area (Å²) in [5.74, 6) is -0.846. The van der Waals surface area contributed by atoms with Crippen LogP contribution >= 0.6 is 11.3 Å².